The van der Waals surface area contributed by atoms with Gasteiger partial charge in [0.2, 0.25) is 10.0 Å². The van der Waals surface area contributed by atoms with Crippen LogP contribution in [-0.4, -0.2) is 68.8 Å². The fourth-order valence-electron chi connectivity index (χ4n) is 2.89. The largest absolute Gasteiger partial charge is 0.321 e. The molecule has 3 rings (SSSR count). The van der Waals surface area contributed by atoms with Gasteiger partial charge in [-0.05, 0) is 49.7 Å². The van der Waals surface area contributed by atoms with E-state index in [-0.39, 0.29) is 15.7 Å². The van der Waals surface area contributed by atoms with Crippen LogP contribution >= 0.6 is 23.1 Å². The summed E-state index contributed by atoms with van der Waals surface area (Å²) >= 11 is 2.90. The molecule has 0 atom stereocenters. The quantitative estimate of drug-likeness (QED) is 0.718. The van der Waals surface area contributed by atoms with Crippen molar-refractivity contribution >= 4 is 44.7 Å². The lowest BCUT2D eigenvalue weighted by Gasteiger charge is -2.25. The number of anilines is 1. The molecule has 1 N–H and O–H groups in total. The second-order valence-corrected chi connectivity index (χ2v) is 10.9. The zero-order valence-corrected chi connectivity index (χ0v) is 18.5. The number of carbonyl (C=O) groups is 1. The highest BCUT2D eigenvalue weighted by Crippen LogP contribution is 2.28. The fourth-order valence-corrected chi connectivity index (χ4v) is 6.76. The molecule has 2 aromatic rings. The van der Waals surface area contributed by atoms with E-state index in [2.05, 4.69) is 10.2 Å². The van der Waals surface area contributed by atoms with Crippen LogP contribution in [0.3, 0.4) is 0 Å². The summed E-state index contributed by atoms with van der Waals surface area (Å²) in [6.45, 7) is 1.92. The monoisotopic (exact) mass is 439 g/mol. The molecule has 9 heteroatoms. The summed E-state index contributed by atoms with van der Waals surface area (Å²) in [7, 11) is 0.420. The maximum atomic E-state index is 12.9. The number of likely N-dealkylation sites (N-methyl/N-ethyl adjacent to an activating group) is 1. The second kappa shape index (κ2) is 9.41. The van der Waals surface area contributed by atoms with Crippen LogP contribution in [0.2, 0.25) is 0 Å². The molecule has 2 heterocycles. The predicted molar refractivity (Wildman–Crippen MR) is 117 cm³/mol. The summed E-state index contributed by atoms with van der Waals surface area (Å²) in [5.74, 6) is 1.18. The van der Waals surface area contributed by atoms with Gasteiger partial charge in [-0.2, -0.15) is 16.1 Å². The second-order valence-electron chi connectivity index (χ2n) is 6.83. The highest BCUT2D eigenvalue weighted by Gasteiger charge is 2.31. The topological polar surface area (TPSA) is 69.7 Å². The van der Waals surface area contributed by atoms with E-state index in [1.807, 2.05) is 38.4 Å². The minimum absolute atomic E-state index is 0.101. The molecule has 152 valence electrons. The molecule has 0 radical (unpaired) electrons. The molecule has 6 nitrogen and oxygen atoms in total. The van der Waals surface area contributed by atoms with E-state index in [1.165, 1.54) is 15.9 Å². The smallest absolute Gasteiger partial charge is 0.267 e. The van der Waals surface area contributed by atoms with Crippen LogP contribution < -0.4 is 5.32 Å². The van der Waals surface area contributed by atoms with Crippen LogP contribution in [0.5, 0.6) is 0 Å². The third-order valence-corrected chi connectivity index (χ3v) is 8.41. The van der Waals surface area contributed by atoms with Crippen LogP contribution in [0.15, 0.2) is 40.6 Å². The summed E-state index contributed by atoms with van der Waals surface area (Å²) in [5, 5.41) is 4.48. The maximum Gasteiger partial charge on any atom is 0.267 e. The Labute approximate surface area is 175 Å². The Kier molecular flexibility index (Phi) is 7.16. The Morgan fingerprint density at radius 1 is 1.14 bits per heavy atom. The first kappa shape index (κ1) is 21.3. The summed E-state index contributed by atoms with van der Waals surface area (Å²) in [6.07, 6.45) is 0.933. The molecule has 0 aliphatic carbocycles. The van der Waals surface area contributed by atoms with Crippen LogP contribution in [0.4, 0.5) is 5.69 Å². The maximum absolute atomic E-state index is 12.9. The SMILES string of the molecule is CN(C)CCc1ccc(NC(=O)c2sccc2S(=O)(=O)N2CCSCC2)cc1. The number of thioether (sulfide) groups is 1. The highest BCUT2D eigenvalue weighted by atomic mass is 32.2. The summed E-state index contributed by atoms with van der Waals surface area (Å²) in [5.41, 5.74) is 1.85. The number of sulfonamides is 1. The lowest BCUT2D eigenvalue weighted by atomic mass is 10.1. The summed E-state index contributed by atoms with van der Waals surface area (Å²) in [4.78, 5) is 15.2. The third-order valence-electron chi connectivity index (χ3n) is 4.48. The number of thiophene rings is 1. The molecule has 1 fully saturated rings. The van der Waals surface area contributed by atoms with Crippen molar-refractivity contribution < 1.29 is 13.2 Å². The number of nitrogens with zero attached hydrogens (tertiary/aromatic N) is 2. The average molecular weight is 440 g/mol. The average Bonchev–Trinajstić information content (AvgIpc) is 3.19. The molecule has 0 bridgehead atoms. The van der Waals surface area contributed by atoms with E-state index in [4.69, 9.17) is 0 Å². The van der Waals surface area contributed by atoms with Crippen molar-refractivity contribution in [3.8, 4) is 0 Å². The number of benzene rings is 1. The minimum atomic E-state index is -3.64. The van der Waals surface area contributed by atoms with E-state index in [0.717, 1.165) is 35.8 Å². The zero-order valence-electron chi connectivity index (χ0n) is 16.1. The molecule has 1 saturated heterocycles. The van der Waals surface area contributed by atoms with Gasteiger partial charge in [0.25, 0.3) is 5.91 Å². The van der Waals surface area contributed by atoms with Crippen LogP contribution in [0.1, 0.15) is 15.2 Å². The minimum Gasteiger partial charge on any atom is -0.321 e. The molecular weight excluding hydrogens is 414 g/mol. The van der Waals surface area contributed by atoms with Crippen molar-refractivity contribution in [3.63, 3.8) is 0 Å². The van der Waals surface area contributed by atoms with E-state index >= 15 is 0 Å². The lowest BCUT2D eigenvalue weighted by Crippen LogP contribution is -2.38. The fraction of sp³-hybridized carbons (Fsp3) is 0.421. The first-order valence-corrected chi connectivity index (χ1v) is 12.6. The van der Waals surface area contributed by atoms with Crippen molar-refractivity contribution in [1.82, 2.24) is 9.21 Å². The van der Waals surface area contributed by atoms with Crippen molar-refractivity contribution in [2.45, 2.75) is 11.3 Å². The molecule has 0 unspecified atom stereocenters. The number of hydrogen-bond acceptors (Lipinski definition) is 6. The number of hydrogen-bond donors (Lipinski definition) is 1. The van der Waals surface area contributed by atoms with Gasteiger partial charge in [0, 0.05) is 36.8 Å². The van der Waals surface area contributed by atoms with Crippen LogP contribution in [0.25, 0.3) is 0 Å². The Balaban J connectivity index is 1.71. The summed E-state index contributed by atoms with van der Waals surface area (Å²) in [6, 6.07) is 9.20. The van der Waals surface area contributed by atoms with Crippen molar-refractivity contribution in [2.75, 3.05) is 50.6 Å². The number of rotatable bonds is 7. The van der Waals surface area contributed by atoms with Gasteiger partial charge in [-0.1, -0.05) is 12.1 Å². The third kappa shape index (κ3) is 5.15. The van der Waals surface area contributed by atoms with Gasteiger partial charge in [-0.15, -0.1) is 11.3 Å². The molecule has 28 heavy (non-hydrogen) atoms. The zero-order chi connectivity index (χ0) is 20.1. The van der Waals surface area contributed by atoms with Gasteiger partial charge in [0.15, 0.2) is 0 Å². The Hall–Kier alpha value is -1.39. The van der Waals surface area contributed by atoms with Crippen molar-refractivity contribution in [2.24, 2.45) is 0 Å². The van der Waals surface area contributed by atoms with Gasteiger partial charge >= 0.3 is 0 Å². The van der Waals surface area contributed by atoms with E-state index in [1.54, 1.807) is 17.1 Å². The Morgan fingerprint density at radius 3 is 2.46 bits per heavy atom. The molecule has 1 aromatic carbocycles. The number of nitrogens with one attached hydrogen (secondary N) is 1. The molecular formula is C19H25N3O3S3. The van der Waals surface area contributed by atoms with Gasteiger partial charge in [-0.3, -0.25) is 4.79 Å². The van der Waals surface area contributed by atoms with Crippen LogP contribution in [-0.2, 0) is 16.4 Å². The van der Waals surface area contributed by atoms with Crippen LogP contribution in [0, 0.1) is 0 Å². The first-order valence-electron chi connectivity index (χ1n) is 9.08. The van der Waals surface area contributed by atoms with E-state index in [0.29, 0.717) is 18.8 Å². The standard InChI is InChI=1S/C19H25N3O3S3/c1-21(2)9-7-15-3-5-16(6-4-15)20-19(23)18-17(8-12-27-18)28(24,25)22-10-13-26-14-11-22/h3-6,8,12H,7,9-11,13-14H2,1-2H3,(H,20,23). The van der Waals surface area contributed by atoms with Gasteiger partial charge < -0.3 is 10.2 Å². The molecule has 1 amide bonds. The first-order chi connectivity index (χ1) is 13.4. The summed E-state index contributed by atoms with van der Waals surface area (Å²) < 4.78 is 27.3. The predicted octanol–water partition coefficient (Wildman–Crippen LogP) is 2.84. The molecule has 1 aliphatic heterocycles. The molecule has 1 aromatic heterocycles. The number of amides is 1. The van der Waals surface area contributed by atoms with Crippen molar-refractivity contribution in [3.05, 3.63) is 46.2 Å². The van der Waals surface area contributed by atoms with Gasteiger partial charge in [-0.25, -0.2) is 8.42 Å². The molecule has 0 spiro atoms. The molecule has 0 saturated carbocycles. The van der Waals surface area contributed by atoms with E-state index < -0.39 is 10.0 Å². The lowest BCUT2D eigenvalue weighted by molar-refractivity contribution is 0.102. The van der Waals surface area contributed by atoms with E-state index in [9.17, 15) is 13.2 Å². The number of carbonyl (C=O) groups excluding carboxylic acids is 1. The van der Waals surface area contributed by atoms with Gasteiger partial charge in [0.05, 0.1) is 0 Å². The molecule has 1 aliphatic rings. The van der Waals surface area contributed by atoms with Gasteiger partial charge in [0.1, 0.15) is 9.77 Å². The Morgan fingerprint density at radius 2 is 1.82 bits per heavy atom. The normalized spacial score (nSPS) is 15.7. The van der Waals surface area contributed by atoms with Crippen molar-refractivity contribution in [1.29, 1.82) is 0 Å². The highest BCUT2D eigenvalue weighted by molar-refractivity contribution is 7.99. The Bertz CT molecular complexity index is 902.